The topological polar surface area (TPSA) is 72.9 Å². The molecule has 0 unspecified atom stereocenters. The minimum absolute atomic E-state index is 0. The van der Waals surface area contributed by atoms with Crippen molar-refractivity contribution in [1.29, 1.82) is 0 Å². The van der Waals surface area contributed by atoms with Crippen LogP contribution in [0.1, 0.15) is 55.5 Å². The molecular formula is C16H29ClN4O. The van der Waals surface area contributed by atoms with Crippen LogP contribution >= 0.6 is 12.4 Å². The highest BCUT2D eigenvalue weighted by Crippen LogP contribution is 2.38. The minimum Gasteiger partial charge on any atom is -0.352 e. The van der Waals surface area contributed by atoms with Crippen LogP contribution in [-0.2, 0) is 18.4 Å². The van der Waals surface area contributed by atoms with E-state index >= 15 is 0 Å². The maximum Gasteiger partial charge on any atom is 0.220 e. The summed E-state index contributed by atoms with van der Waals surface area (Å²) in [7, 11) is 1.93. The van der Waals surface area contributed by atoms with Gasteiger partial charge in [-0.15, -0.1) is 12.4 Å². The van der Waals surface area contributed by atoms with Crippen molar-refractivity contribution in [2.45, 2.75) is 58.9 Å². The molecule has 1 amide bonds. The summed E-state index contributed by atoms with van der Waals surface area (Å²) in [4.78, 5) is 12.3. The summed E-state index contributed by atoms with van der Waals surface area (Å²) in [6.45, 7) is 5.19. The number of rotatable bonds is 5. The Morgan fingerprint density at radius 1 is 1.32 bits per heavy atom. The Balaban J connectivity index is 0.00000242. The maximum absolute atomic E-state index is 12.3. The van der Waals surface area contributed by atoms with Gasteiger partial charge < -0.3 is 11.1 Å². The van der Waals surface area contributed by atoms with Crippen LogP contribution in [0.2, 0.25) is 0 Å². The molecule has 126 valence electrons. The summed E-state index contributed by atoms with van der Waals surface area (Å²) >= 11 is 0. The molecule has 0 spiro atoms. The SMILES string of the molecule is Cc1nn(C)c(C)c1CNC(=O)CC1(CN)CCCCC1.Cl. The molecule has 0 saturated heterocycles. The molecular weight excluding hydrogens is 300 g/mol. The molecule has 2 rings (SSSR count). The Kier molecular flexibility index (Phi) is 6.88. The van der Waals surface area contributed by atoms with Crippen molar-refractivity contribution in [2.75, 3.05) is 6.54 Å². The molecule has 1 heterocycles. The van der Waals surface area contributed by atoms with E-state index in [4.69, 9.17) is 5.73 Å². The molecule has 6 heteroatoms. The molecule has 1 aromatic heterocycles. The molecule has 0 aromatic carbocycles. The van der Waals surface area contributed by atoms with Gasteiger partial charge in [-0.25, -0.2) is 0 Å². The first-order valence-electron chi connectivity index (χ1n) is 7.93. The third-order valence-electron chi connectivity index (χ3n) is 5.00. The standard InChI is InChI=1S/C16H28N4O.ClH/c1-12-14(13(2)20(3)19-12)10-18-15(21)9-16(11-17)7-5-4-6-8-16;/h4-11,17H2,1-3H3,(H,18,21);1H. The largest absolute Gasteiger partial charge is 0.352 e. The second kappa shape index (κ2) is 7.97. The first-order valence-corrected chi connectivity index (χ1v) is 7.93. The lowest BCUT2D eigenvalue weighted by Gasteiger charge is -2.35. The summed E-state index contributed by atoms with van der Waals surface area (Å²) in [6, 6.07) is 0. The van der Waals surface area contributed by atoms with Crippen LogP contribution in [0.5, 0.6) is 0 Å². The number of hydrogen-bond acceptors (Lipinski definition) is 3. The van der Waals surface area contributed by atoms with Crippen LogP contribution in [0, 0.1) is 19.3 Å². The number of aromatic nitrogens is 2. The summed E-state index contributed by atoms with van der Waals surface area (Å²) in [5.74, 6) is 0.116. The van der Waals surface area contributed by atoms with Crippen molar-refractivity contribution in [3.63, 3.8) is 0 Å². The smallest absolute Gasteiger partial charge is 0.220 e. The van der Waals surface area contributed by atoms with Crippen LogP contribution in [0.25, 0.3) is 0 Å². The summed E-state index contributed by atoms with van der Waals surface area (Å²) in [5.41, 5.74) is 9.20. The van der Waals surface area contributed by atoms with E-state index in [1.54, 1.807) is 0 Å². The molecule has 1 aliphatic carbocycles. The van der Waals surface area contributed by atoms with E-state index in [1.807, 2.05) is 25.6 Å². The van der Waals surface area contributed by atoms with Crippen molar-refractivity contribution in [3.8, 4) is 0 Å². The van der Waals surface area contributed by atoms with E-state index in [1.165, 1.54) is 19.3 Å². The molecule has 0 atom stereocenters. The van der Waals surface area contributed by atoms with Gasteiger partial charge in [-0.05, 0) is 38.6 Å². The number of nitrogens with zero attached hydrogens (tertiary/aromatic N) is 2. The van der Waals surface area contributed by atoms with Crippen molar-refractivity contribution >= 4 is 18.3 Å². The van der Waals surface area contributed by atoms with Gasteiger partial charge in [0.05, 0.1) is 5.69 Å². The first kappa shape index (κ1) is 19.0. The van der Waals surface area contributed by atoms with Crippen LogP contribution in [0.3, 0.4) is 0 Å². The highest BCUT2D eigenvalue weighted by Gasteiger charge is 2.32. The summed E-state index contributed by atoms with van der Waals surface area (Å²) in [5, 5.41) is 7.43. The summed E-state index contributed by atoms with van der Waals surface area (Å²) < 4.78 is 1.86. The molecule has 3 N–H and O–H groups in total. The zero-order valence-corrected chi connectivity index (χ0v) is 14.8. The van der Waals surface area contributed by atoms with E-state index in [0.717, 1.165) is 29.8 Å². The van der Waals surface area contributed by atoms with Crippen molar-refractivity contribution in [1.82, 2.24) is 15.1 Å². The maximum atomic E-state index is 12.3. The molecule has 1 saturated carbocycles. The van der Waals surface area contributed by atoms with E-state index in [-0.39, 0.29) is 23.7 Å². The summed E-state index contributed by atoms with van der Waals surface area (Å²) in [6.07, 6.45) is 6.40. The van der Waals surface area contributed by atoms with Gasteiger partial charge in [0.15, 0.2) is 0 Å². The highest BCUT2D eigenvalue weighted by atomic mass is 35.5. The van der Waals surface area contributed by atoms with Crippen molar-refractivity contribution < 1.29 is 4.79 Å². The molecule has 22 heavy (non-hydrogen) atoms. The van der Waals surface area contributed by atoms with Gasteiger partial charge in [0.1, 0.15) is 0 Å². The van der Waals surface area contributed by atoms with Crippen LogP contribution in [0.15, 0.2) is 0 Å². The fourth-order valence-electron chi connectivity index (χ4n) is 3.42. The van der Waals surface area contributed by atoms with Gasteiger partial charge in [0.25, 0.3) is 0 Å². The third-order valence-corrected chi connectivity index (χ3v) is 5.00. The fraction of sp³-hybridized carbons (Fsp3) is 0.750. The van der Waals surface area contributed by atoms with Gasteiger partial charge in [0.2, 0.25) is 5.91 Å². The number of carbonyl (C=O) groups excluding carboxylic acids is 1. The zero-order chi connectivity index (χ0) is 15.5. The number of amides is 1. The Morgan fingerprint density at radius 2 is 1.95 bits per heavy atom. The lowest BCUT2D eigenvalue weighted by molar-refractivity contribution is -0.124. The first-order chi connectivity index (χ1) is 9.97. The van der Waals surface area contributed by atoms with E-state index < -0.39 is 0 Å². The second-order valence-electron chi connectivity index (χ2n) is 6.49. The Morgan fingerprint density at radius 3 is 2.45 bits per heavy atom. The number of nitrogens with one attached hydrogen (secondary N) is 1. The quantitative estimate of drug-likeness (QED) is 0.871. The molecule has 0 bridgehead atoms. The lowest BCUT2D eigenvalue weighted by Crippen LogP contribution is -2.38. The average Bonchev–Trinajstić information content (AvgIpc) is 2.71. The van der Waals surface area contributed by atoms with Crippen LogP contribution in [-0.4, -0.2) is 22.2 Å². The van der Waals surface area contributed by atoms with Crippen LogP contribution in [0.4, 0.5) is 0 Å². The third kappa shape index (κ3) is 4.23. The molecule has 1 aliphatic rings. The van der Waals surface area contributed by atoms with E-state index in [2.05, 4.69) is 10.4 Å². The van der Waals surface area contributed by atoms with E-state index in [9.17, 15) is 4.79 Å². The number of carbonyl (C=O) groups is 1. The lowest BCUT2D eigenvalue weighted by atomic mass is 9.71. The average molecular weight is 329 g/mol. The molecule has 5 nitrogen and oxygen atoms in total. The van der Waals surface area contributed by atoms with Crippen molar-refractivity contribution in [2.24, 2.45) is 18.2 Å². The van der Waals surface area contributed by atoms with Crippen molar-refractivity contribution in [3.05, 3.63) is 17.0 Å². The minimum atomic E-state index is 0. The molecule has 1 aromatic rings. The zero-order valence-electron chi connectivity index (χ0n) is 13.9. The van der Waals surface area contributed by atoms with Gasteiger partial charge in [-0.3, -0.25) is 9.48 Å². The molecule has 0 aliphatic heterocycles. The van der Waals surface area contributed by atoms with Gasteiger partial charge >= 0.3 is 0 Å². The fourth-order valence-corrected chi connectivity index (χ4v) is 3.42. The Labute approximate surface area is 139 Å². The highest BCUT2D eigenvalue weighted by molar-refractivity contribution is 5.85. The number of hydrogen-bond donors (Lipinski definition) is 2. The van der Waals surface area contributed by atoms with Gasteiger partial charge in [-0.1, -0.05) is 19.3 Å². The normalized spacial score (nSPS) is 16.9. The molecule has 0 radical (unpaired) electrons. The number of halogens is 1. The molecule has 1 fully saturated rings. The number of aryl methyl sites for hydroxylation is 2. The second-order valence-corrected chi connectivity index (χ2v) is 6.49. The van der Waals surface area contributed by atoms with Crippen LogP contribution < -0.4 is 11.1 Å². The Bertz CT molecular complexity index is 506. The van der Waals surface area contributed by atoms with E-state index in [0.29, 0.717) is 19.5 Å². The monoisotopic (exact) mass is 328 g/mol. The number of nitrogens with two attached hydrogens (primary N) is 1. The van der Waals surface area contributed by atoms with Gasteiger partial charge in [-0.2, -0.15) is 5.10 Å². The predicted octanol–water partition coefficient (Wildman–Crippen LogP) is 2.37. The Hall–Kier alpha value is -1.07. The predicted molar refractivity (Wildman–Crippen MR) is 91.0 cm³/mol. The van der Waals surface area contributed by atoms with Gasteiger partial charge in [0, 0.05) is 31.3 Å².